The summed E-state index contributed by atoms with van der Waals surface area (Å²) < 4.78 is 34.5. The topological polar surface area (TPSA) is 73.6 Å². The van der Waals surface area contributed by atoms with E-state index in [2.05, 4.69) is 10.1 Å². The zero-order chi connectivity index (χ0) is 18.2. The van der Waals surface area contributed by atoms with Gasteiger partial charge >= 0.3 is 6.61 Å². The fourth-order valence-corrected chi connectivity index (χ4v) is 2.21. The van der Waals surface area contributed by atoms with Crippen LogP contribution in [0.2, 0.25) is 0 Å². The molecule has 0 aliphatic carbocycles. The first-order valence-corrected chi connectivity index (χ1v) is 7.79. The van der Waals surface area contributed by atoms with Crippen LogP contribution in [0.4, 0.5) is 14.5 Å². The molecule has 0 saturated heterocycles. The second-order valence-corrected chi connectivity index (χ2v) is 5.29. The lowest BCUT2D eigenvalue weighted by atomic mass is 10.1. The lowest BCUT2D eigenvalue weighted by Crippen LogP contribution is -2.24. The Hall–Kier alpha value is -2.54. The summed E-state index contributed by atoms with van der Waals surface area (Å²) in [6.45, 7) is -0.618. The molecule has 0 aliphatic rings. The van der Waals surface area contributed by atoms with Crippen molar-refractivity contribution in [2.75, 3.05) is 12.3 Å². The lowest BCUT2D eigenvalue weighted by molar-refractivity contribution is -0.120. The number of hydrogen-bond acceptors (Lipinski definition) is 4. The molecule has 0 saturated carbocycles. The van der Waals surface area contributed by atoms with Crippen molar-refractivity contribution in [1.29, 1.82) is 0 Å². The Kier molecular flexibility index (Phi) is 8.64. The fourth-order valence-electron chi connectivity index (χ4n) is 2.21. The van der Waals surface area contributed by atoms with Gasteiger partial charge in [0.05, 0.1) is 13.0 Å². The van der Waals surface area contributed by atoms with E-state index >= 15 is 0 Å². The second kappa shape index (κ2) is 10.5. The van der Waals surface area contributed by atoms with E-state index < -0.39 is 6.61 Å². The van der Waals surface area contributed by atoms with Crippen LogP contribution in [0.1, 0.15) is 18.1 Å². The van der Waals surface area contributed by atoms with Gasteiger partial charge in [0.1, 0.15) is 0 Å². The Labute approximate surface area is 156 Å². The molecule has 0 unspecified atom stereocenters. The molecule has 0 fully saturated rings. The smallest absolute Gasteiger partial charge is 0.387 e. The number of amides is 1. The zero-order valence-electron chi connectivity index (χ0n) is 14.2. The number of nitrogens with one attached hydrogen (secondary N) is 1. The highest BCUT2D eigenvalue weighted by atomic mass is 35.5. The summed E-state index contributed by atoms with van der Waals surface area (Å²) in [5.41, 5.74) is 7.81. The number of halogens is 3. The monoisotopic (exact) mass is 386 g/mol. The third kappa shape index (κ3) is 6.76. The van der Waals surface area contributed by atoms with Crippen LogP contribution in [0.15, 0.2) is 42.5 Å². The van der Waals surface area contributed by atoms with Crippen molar-refractivity contribution < 1.29 is 23.0 Å². The molecule has 26 heavy (non-hydrogen) atoms. The summed E-state index contributed by atoms with van der Waals surface area (Å²) in [5, 5.41) is 2.78. The van der Waals surface area contributed by atoms with E-state index in [1.54, 1.807) is 43.3 Å². The molecule has 0 spiro atoms. The second-order valence-electron chi connectivity index (χ2n) is 5.29. The highest BCUT2D eigenvalue weighted by Gasteiger charge is 2.12. The Balaban J connectivity index is 0.00000338. The molecule has 0 aromatic heterocycles. The van der Waals surface area contributed by atoms with Gasteiger partial charge in [-0.05, 0) is 42.3 Å². The molecule has 3 N–H and O–H groups in total. The SMILES string of the molecule is CCOc1cc(CNC(=O)Cc2ccc(N)cc2)ccc1OC(F)F.Cl. The van der Waals surface area contributed by atoms with Crippen molar-refractivity contribution in [3.05, 3.63) is 53.6 Å². The Morgan fingerprint density at radius 3 is 2.38 bits per heavy atom. The van der Waals surface area contributed by atoms with Crippen molar-refractivity contribution in [3.8, 4) is 11.5 Å². The van der Waals surface area contributed by atoms with Crippen LogP contribution in [0.3, 0.4) is 0 Å². The molecule has 142 valence electrons. The summed E-state index contributed by atoms with van der Waals surface area (Å²) in [4.78, 5) is 12.0. The number of carbonyl (C=O) groups excluding carboxylic acids is 1. The number of nitrogens with two attached hydrogens (primary N) is 1. The van der Waals surface area contributed by atoms with Gasteiger partial charge in [-0.1, -0.05) is 18.2 Å². The minimum atomic E-state index is -2.93. The van der Waals surface area contributed by atoms with E-state index in [1.165, 1.54) is 6.07 Å². The van der Waals surface area contributed by atoms with Crippen molar-refractivity contribution in [3.63, 3.8) is 0 Å². The fraction of sp³-hybridized carbons (Fsp3) is 0.278. The van der Waals surface area contributed by atoms with Crippen molar-refractivity contribution >= 4 is 24.0 Å². The van der Waals surface area contributed by atoms with Gasteiger partial charge in [0.25, 0.3) is 0 Å². The first kappa shape index (κ1) is 21.5. The molecule has 2 aromatic rings. The predicted octanol–water partition coefficient (Wildman–Crippen LogP) is 3.55. The van der Waals surface area contributed by atoms with Crippen LogP contribution in [0, 0.1) is 0 Å². The predicted molar refractivity (Wildman–Crippen MR) is 97.9 cm³/mol. The van der Waals surface area contributed by atoms with Crippen molar-refractivity contribution in [1.82, 2.24) is 5.32 Å². The van der Waals surface area contributed by atoms with Crippen LogP contribution in [0.25, 0.3) is 0 Å². The van der Waals surface area contributed by atoms with Gasteiger partial charge in [0.15, 0.2) is 11.5 Å². The third-order valence-electron chi connectivity index (χ3n) is 3.36. The van der Waals surface area contributed by atoms with E-state index in [4.69, 9.17) is 10.5 Å². The van der Waals surface area contributed by atoms with Gasteiger partial charge in [0.2, 0.25) is 5.91 Å². The molecule has 1 amide bonds. The maximum Gasteiger partial charge on any atom is 0.387 e. The number of hydrogen-bond donors (Lipinski definition) is 2. The van der Waals surface area contributed by atoms with E-state index in [0.717, 1.165) is 11.1 Å². The standard InChI is InChI=1S/C18H20F2N2O3.ClH/c1-2-24-16-9-13(5-8-15(16)25-18(19)20)11-22-17(23)10-12-3-6-14(21)7-4-12;/h3-9,18H,2,10-11,21H2,1H3,(H,22,23);1H. The molecule has 0 aliphatic heterocycles. The Bertz CT molecular complexity index is 712. The summed E-state index contributed by atoms with van der Waals surface area (Å²) >= 11 is 0. The maximum absolute atomic E-state index is 12.4. The number of nitrogen functional groups attached to an aromatic ring is 1. The number of benzene rings is 2. The van der Waals surface area contributed by atoms with Gasteiger partial charge in [-0.3, -0.25) is 4.79 Å². The largest absolute Gasteiger partial charge is 0.490 e. The van der Waals surface area contributed by atoms with Gasteiger partial charge in [-0.2, -0.15) is 8.78 Å². The third-order valence-corrected chi connectivity index (χ3v) is 3.36. The van der Waals surface area contributed by atoms with Crippen LogP contribution in [0.5, 0.6) is 11.5 Å². The molecule has 0 bridgehead atoms. The van der Waals surface area contributed by atoms with Crippen molar-refractivity contribution in [2.45, 2.75) is 26.5 Å². The molecule has 8 heteroatoms. The zero-order valence-corrected chi connectivity index (χ0v) is 15.0. The summed E-state index contributed by atoms with van der Waals surface area (Å²) in [6, 6.07) is 11.6. The molecule has 0 heterocycles. The Morgan fingerprint density at radius 1 is 1.12 bits per heavy atom. The summed E-state index contributed by atoms with van der Waals surface area (Å²) in [6.07, 6.45) is 0.227. The minimum Gasteiger partial charge on any atom is -0.490 e. The molecule has 5 nitrogen and oxygen atoms in total. The van der Waals surface area contributed by atoms with Crippen LogP contribution in [-0.2, 0) is 17.8 Å². The van der Waals surface area contributed by atoms with Gasteiger partial charge < -0.3 is 20.5 Å². The van der Waals surface area contributed by atoms with Crippen LogP contribution < -0.4 is 20.5 Å². The van der Waals surface area contributed by atoms with Crippen molar-refractivity contribution in [2.24, 2.45) is 0 Å². The summed E-state index contributed by atoms with van der Waals surface area (Å²) in [7, 11) is 0. The molecule has 0 radical (unpaired) electrons. The Morgan fingerprint density at radius 2 is 1.77 bits per heavy atom. The van der Waals surface area contributed by atoms with Gasteiger partial charge in [0, 0.05) is 12.2 Å². The average Bonchev–Trinajstić information content (AvgIpc) is 2.57. The van der Waals surface area contributed by atoms with Gasteiger partial charge in [-0.25, -0.2) is 0 Å². The van der Waals surface area contributed by atoms with E-state index in [-0.39, 0.29) is 42.8 Å². The van der Waals surface area contributed by atoms with E-state index in [0.29, 0.717) is 12.3 Å². The highest BCUT2D eigenvalue weighted by molar-refractivity contribution is 5.85. The minimum absolute atomic E-state index is 0. The highest BCUT2D eigenvalue weighted by Crippen LogP contribution is 2.29. The molecular weight excluding hydrogens is 366 g/mol. The number of carbonyl (C=O) groups is 1. The first-order chi connectivity index (χ1) is 12.0. The first-order valence-electron chi connectivity index (χ1n) is 7.79. The molecule has 0 atom stereocenters. The number of ether oxygens (including phenoxy) is 2. The summed E-state index contributed by atoms with van der Waals surface area (Å²) in [5.74, 6) is 0.0255. The maximum atomic E-state index is 12.4. The van der Waals surface area contributed by atoms with E-state index in [9.17, 15) is 13.6 Å². The lowest BCUT2D eigenvalue weighted by Gasteiger charge is -2.13. The number of rotatable bonds is 8. The number of alkyl halides is 2. The van der Waals surface area contributed by atoms with E-state index in [1.807, 2.05) is 0 Å². The quantitative estimate of drug-likeness (QED) is 0.680. The van der Waals surface area contributed by atoms with Crippen LogP contribution >= 0.6 is 12.4 Å². The molecule has 2 aromatic carbocycles. The van der Waals surface area contributed by atoms with Crippen LogP contribution in [-0.4, -0.2) is 19.1 Å². The normalized spacial score (nSPS) is 10.2. The average molecular weight is 387 g/mol. The molecular formula is C18H21ClF2N2O3. The number of anilines is 1. The molecule has 2 rings (SSSR count). The van der Waals surface area contributed by atoms with Gasteiger partial charge in [-0.15, -0.1) is 12.4 Å².